The molecule has 5 nitrogen and oxygen atoms in total. The number of aromatic nitrogens is 2. The summed E-state index contributed by atoms with van der Waals surface area (Å²) in [5, 5.41) is 6.91. The highest BCUT2D eigenvalue weighted by Crippen LogP contribution is 2.20. The summed E-state index contributed by atoms with van der Waals surface area (Å²) in [5.74, 6) is 1.23. The van der Waals surface area contributed by atoms with E-state index in [2.05, 4.69) is 85.8 Å². The fraction of sp³-hybridized carbons (Fsp3) is 0.304. The fourth-order valence-electron chi connectivity index (χ4n) is 3.26. The van der Waals surface area contributed by atoms with Crippen LogP contribution in [0.3, 0.4) is 0 Å². The lowest BCUT2D eigenvalue weighted by Gasteiger charge is -2.20. The third-order valence-corrected chi connectivity index (χ3v) is 4.78. The van der Waals surface area contributed by atoms with Crippen LogP contribution in [0.1, 0.15) is 23.5 Å². The average molecular weight is 376 g/mol. The van der Waals surface area contributed by atoms with Crippen molar-refractivity contribution in [2.45, 2.75) is 25.3 Å². The van der Waals surface area contributed by atoms with Crippen LogP contribution in [0.15, 0.2) is 84.4 Å². The number of aryl methyl sites for hydroxylation is 1. The molecule has 0 amide bonds. The predicted molar refractivity (Wildman–Crippen MR) is 116 cm³/mol. The molecule has 1 aromatic heterocycles. The van der Waals surface area contributed by atoms with Gasteiger partial charge < -0.3 is 15.2 Å². The van der Waals surface area contributed by atoms with E-state index in [0.29, 0.717) is 5.92 Å². The van der Waals surface area contributed by atoms with E-state index in [9.17, 15) is 0 Å². The standard InChI is InChI=1S/C23H29N5/c1-24-23(26-13-8-15-28-16-14-25-19-28)27-18-22(21-11-6-3-7-12-21)17-20-9-4-2-5-10-20/h2-7,9-12,14,16,19,22H,8,13,15,17-18H2,1H3,(H2,24,26,27). The zero-order chi connectivity index (χ0) is 19.4. The van der Waals surface area contributed by atoms with Gasteiger partial charge in [0.1, 0.15) is 0 Å². The molecule has 5 heteroatoms. The number of nitrogens with zero attached hydrogens (tertiary/aromatic N) is 3. The van der Waals surface area contributed by atoms with Crippen LogP contribution in [0.25, 0.3) is 0 Å². The molecule has 0 saturated heterocycles. The van der Waals surface area contributed by atoms with Crippen LogP contribution in [0.2, 0.25) is 0 Å². The summed E-state index contributed by atoms with van der Waals surface area (Å²) in [5.41, 5.74) is 2.69. The molecule has 3 rings (SSSR count). The van der Waals surface area contributed by atoms with Crippen LogP contribution in [-0.4, -0.2) is 35.6 Å². The SMILES string of the molecule is CN=C(NCCCn1ccnc1)NCC(Cc1ccccc1)c1ccccc1. The van der Waals surface area contributed by atoms with E-state index in [1.807, 2.05) is 25.8 Å². The number of aliphatic imine (C=N–C) groups is 1. The second-order valence-corrected chi connectivity index (χ2v) is 6.83. The first-order valence-corrected chi connectivity index (χ1v) is 9.84. The van der Waals surface area contributed by atoms with Gasteiger partial charge >= 0.3 is 0 Å². The van der Waals surface area contributed by atoms with E-state index in [0.717, 1.165) is 38.4 Å². The van der Waals surface area contributed by atoms with Crippen LogP contribution < -0.4 is 10.6 Å². The molecule has 1 unspecified atom stereocenters. The highest BCUT2D eigenvalue weighted by Gasteiger charge is 2.13. The molecule has 2 N–H and O–H groups in total. The lowest BCUT2D eigenvalue weighted by molar-refractivity contribution is 0.613. The molecule has 0 bridgehead atoms. The maximum Gasteiger partial charge on any atom is 0.190 e. The molecule has 3 aromatic rings. The number of hydrogen-bond acceptors (Lipinski definition) is 2. The summed E-state index contributed by atoms with van der Waals surface area (Å²) in [6.07, 6.45) is 7.66. The number of hydrogen-bond donors (Lipinski definition) is 2. The summed E-state index contributed by atoms with van der Waals surface area (Å²) in [6, 6.07) is 21.3. The second-order valence-electron chi connectivity index (χ2n) is 6.83. The number of nitrogens with one attached hydrogen (secondary N) is 2. The molecule has 1 atom stereocenters. The van der Waals surface area contributed by atoms with Gasteiger partial charge in [0, 0.05) is 45.0 Å². The van der Waals surface area contributed by atoms with Gasteiger partial charge in [0.05, 0.1) is 6.33 Å². The molecule has 28 heavy (non-hydrogen) atoms. The largest absolute Gasteiger partial charge is 0.356 e. The first-order valence-electron chi connectivity index (χ1n) is 9.84. The van der Waals surface area contributed by atoms with Gasteiger partial charge in [-0.1, -0.05) is 60.7 Å². The van der Waals surface area contributed by atoms with E-state index >= 15 is 0 Å². The summed E-state index contributed by atoms with van der Waals surface area (Å²) >= 11 is 0. The minimum atomic E-state index is 0.382. The van der Waals surface area contributed by atoms with Gasteiger partial charge in [-0.25, -0.2) is 4.98 Å². The average Bonchev–Trinajstić information content (AvgIpc) is 3.27. The minimum Gasteiger partial charge on any atom is -0.356 e. The Balaban J connectivity index is 1.52. The Morgan fingerprint density at radius 1 is 1.04 bits per heavy atom. The molecule has 0 aliphatic heterocycles. The smallest absolute Gasteiger partial charge is 0.190 e. The number of rotatable bonds is 9. The Morgan fingerprint density at radius 3 is 2.46 bits per heavy atom. The van der Waals surface area contributed by atoms with Gasteiger partial charge in [0.2, 0.25) is 0 Å². The molecule has 0 aliphatic carbocycles. The van der Waals surface area contributed by atoms with Crippen molar-refractivity contribution in [3.63, 3.8) is 0 Å². The van der Waals surface area contributed by atoms with Crippen molar-refractivity contribution in [3.05, 3.63) is 90.5 Å². The fourth-order valence-corrected chi connectivity index (χ4v) is 3.26. The Morgan fingerprint density at radius 2 is 1.79 bits per heavy atom. The van der Waals surface area contributed by atoms with Crippen molar-refractivity contribution < 1.29 is 0 Å². The molecular formula is C23H29N5. The molecule has 0 aliphatic rings. The lowest BCUT2D eigenvalue weighted by Crippen LogP contribution is -2.40. The Labute approximate surface area is 167 Å². The first-order chi connectivity index (χ1) is 13.8. The molecule has 146 valence electrons. The summed E-state index contributed by atoms with van der Waals surface area (Å²) in [4.78, 5) is 8.44. The van der Waals surface area contributed by atoms with Crippen molar-refractivity contribution in [1.29, 1.82) is 0 Å². The van der Waals surface area contributed by atoms with Crippen molar-refractivity contribution >= 4 is 5.96 Å². The van der Waals surface area contributed by atoms with Crippen LogP contribution in [0.4, 0.5) is 0 Å². The van der Waals surface area contributed by atoms with Crippen LogP contribution in [0.5, 0.6) is 0 Å². The minimum absolute atomic E-state index is 0.382. The van der Waals surface area contributed by atoms with Gasteiger partial charge in [0.15, 0.2) is 5.96 Å². The topological polar surface area (TPSA) is 54.2 Å². The third kappa shape index (κ3) is 6.27. The highest BCUT2D eigenvalue weighted by molar-refractivity contribution is 5.79. The zero-order valence-corrected chi connectivity index (χ0v) is 16.5. The van der Waals surface area contributed by atoms with E-state index in [-0.39, 0.29) is 0 Å². The van der Waals surface area contributed by atoms with E-state index < -0.39 is 0 Å². The van der Waals surface area contributed by atoms with Crippen molar-refractivity contribution in [1.82, 2.24) is 20.2 Å². The van der Waals surface area contributed by atoms with Crippen LogP contribution in [-0.2, 0) is 13.0 Å². The van der Waals surface area contributed by atoms with Crippen molar-refractivity contribution in [2.24, 2.45) is 4.99 Å². The number of guanidine groups is 1. The van der Waals surface area contributed by atoms with Crippen molar-refractivity contribution in [2.75, 3.05) is 20.1 Å². The predicted octanol–water partition coefficient (Wildman–Crippen LogP) is 3.46. The van der Waals surface area contributed by atoms with Gasteiger partial charge in [-0.3, -0.25) is 4.99 Å². The van der Waals surface area contributed by atoms with Crippen molar-refractivity contribution in [3.8, 4) is 0 Å². The molecule has 0 fully saturated rings. The maximum atomic E-state index is 4.37. The van der Waals surface area contributed by atoms with E-state index in [1.54, 1.807) is 0 Å². The molecule has 1 heterocycles. The van der Waals surface area contributed by atoms with Gasteiger partial charge in [-0.2, -0.15) is 0 Å². The summed E-state index contributed by atoms with van der Waals surface area (Å²) < 4.78 is 2.09. The van der Waals surface area contributed by atoms with Gasteiger partial charge in [0.25, 0.3) is 0 Å². The van der Waals surface area contributed by atoms with Gasteiger partial charge in [-0.05, 0) is 24.0 Å². The second kappa shape index (κ2) is 10.9. The normalized spacial score (nSPS) is 12.5. The summed E-state index contributed by atoms with van der Waals surface area (Å²) in [6.45, 7) is 2.65. The van der Waals surface area contributed by atoms with E-state index in [4.69, 9.17) is 0 Å². The Bertz CT molecular complexity index is 813. The molecule has 2 aromatic carbocycles. The molecule has 0 spiro atoms. The quantitative estimate of drug-likeness (QED) is 0.342. The zero-order valence-electron chi connectivity index (χ0n) is 16.5. The first kappa shape index (κ1) is 19.7. The highest BCUT2D eigenvalue weighted by atomic mass is 15.2. The summed E-state index contributed by atoms with van der Waals surface area (Å²) in [7, 11) is 1.82. The number of imidazole rings is 1. The Hall–Kier alpha value is -3.08. The molecule has 0 saturated carbocycles. The number of benzene rings is 2. The van der Waals surface area contributed by atoms with E-state index in [1.165, 1.54) is 11.1 Å². The van der Waals surface area contributed by atoms with Crippen LogP contribution >= 0.6 is 0 Å². The third-order valence-electron chi connectivity index (χ3n) is 4.78. The monoisotopic (exact) mass is 375 g/mol. The Kier molecular flexibility index (Phi) is 7.67. The lowest BCUT2D eigenvalue weighted by atomic mass is 9.92. The van der Waals surface area contributed by atoms with Gasteiger partial charge in [-0.15, -0.1) is 0 Å². The molecule has 0 radical (unpaired) electrons. The van der Waals surface area contributed by atoms with Crippen LogP contribution in [0, 0.1) is 0 Å². The molecular weight excluding hydrogens is 346 g/mol. The maximum absolute atomic E-state index is 4.37.